The number of amides is 1. The third-order valence-corrected chi connectivity index (χ3v) is 10.0. The number of aromatic nitrogens is 1. The molecular weight excluding hydrogens is 664 g/mol. The van der Waals surface area contributed by atoms with Crippen LogP contribution in [0.5, 0.6) is 0 Å². The highest BCUT2D eigenvalue weighted by molar-refractivity contribution is 6.36. The summed E-state index contributed by atoms with van der Waals surface area (Å²) in [7, 11) is 0. The van der Waals surface area contributed by atoms with Crippen molar-refractivity contribution in [1.29, 1.82) is 5.26 Å². The summed E-state index contributed by atoms with van der Waals surface area (Å²) in [5, 5.41) is 22.8. The van der Waals surface area contributed by atoms with E-state index in [9.17, 15) is 14.4 Å². The molecule has 0 bridgehead atoms. The molecule has 1 saturated heterocycles. The van der Waals surface area contributed by atoms with Gasteiger partial charge < -0.3 is 21.4 Å². The highest BCUT2D eigenvalue weighted by Crippen LogP contribution is 2.39. The third kappa shape index (κ3) is 6.45. The van der Waals surface area contributed by atoms with E-state index < -0.39 is 11.9 Å². The normalized spacial score (nSPS) is 17.3. The minimum absolute atomic E-state index is 0.0516. The summed E-state index contributed by atoms with van der Waals surface area (Å²) in [4.78, 5) is 20.1. The van der Waals surface area contributed by atoms with Crippen molar-refractivity contribution >= 4 is 57.1 Å². The molecule has 3 aromatic carbocycles. The molecule has 0 spiro atoms. The zero-order valence-electron chi connectivity index (χ0n) is 27.3. The number of carbonyl (C=O) groups is 1. The molecule has 0 saturated carbocycles. The van der Waals surface area contributed by atoms with E-state index in [1.807, 2.05) is 24.3 Å². The molecule has 3 aliphatic heterocycles. The van der Waals surface area contributed by atoms with Crippen LogP contribution in [0.4, 0.5) is 21.5 Å². The number of nitriles is 1. The SMILES string of the molecule is CC(C)(C)N1CCC(N2C=C([C@@H](Nc3cc(Cl)c4ncc(C#N)c(Nc5ccc(F)c(Cl)c5)c4c3)c3cccc4c3C(=O)NC4)NN2)CC1. The van der Waals surface area contributed by atoms with Crippen LogP contribution in [0.25, 0.3) is 10.9 Å². The monoisotopic (exact) mass is 699 g/mol. The second-order valence-corrected chi connectivity index (χ2v) is 14.3. The Balaban J connectivity index is 1.27. The Morgan fingerprint density at radius 1 is 1.08 bits per heavy atom. The lowest BCUT2D eigenvalue weighted by atomic mass is 9.94. The van der Waals surface area contributed by atoms with Gasteiger partial charge in [-0.3, -0.25) is 19.7 Å². The molecule has 49 heavy (non-hydrogen) atoms. The second kappa shape index (κ2) is 13.0. The minimum atomic E-state index is -0.549. The Bertz CT molecular complexity index is 2030. The van der Waals surface area contributed by atoms with Crippen LogP contribution < -0.4 is 26.9 Å². The number of nitrogens with one attached hydrogen (secondary N) is 5. The number of nitrogens with zero attached hydrogens (tertiary/aromatic N) is 4. The molecule has 1 aromatic heterocycles. The van der Waals surface area contributed by atoms with Crippen LogP contribution in [0.2, 0.25) is 10.0 Å². The maximum absolute atomic E-state index is 13.9. The molecule has 5 N–H and O–H groups in total. The number of fused-ring (bicyclic) bond motifs is 2. The van der Waals surface area contributed by atoms with E-state index >= 15 is 0 Å². The van der Waals surface area contributed by atoms with Crippen LogP contribution in [-0.4, -0.2) is 45.5 Å². The molecule has 0 unspecified atom stereocenters. The Morgan fingerprint density at radius 2 is 1.86 bits per heavy atom. The number of benzene rings is 3. The number of halogens is 3. The Labute approximate surface area is 294 Å². The van der Waals surface area contributed by atoms with Crippen molar-refractivity contribution in [2.24, 2.45) is 0 Å². The van der Waals surface area contributed by atoms with Crippen LogP contribution in [0.15, 0.2) is 66.6 Å². The van der Waals surface area contributed by atoms with Crippen LogP contribution in [-0.2, 0) is 6.54 Å². The second-order valence-electron chi connectivity index (χ2n) is 13.5. The molecule has 0 radical (unpaired) electrons. The number of hydrogen-bond donors (Lipinski definition) is 5. The fraction of sp³-hybridized carbons (Fsp3) is 0.306. The van der Waals surface area contributed by atoms with Crippen molar-refractivity contribution in [3.63, 3.8) is 0 Å². The van der Waals surface area contributed by atoms with Gasteiger partial charge >= 0.3 is 0 Å². The van der Waals surface area contributed by atoms with Gasteiger partial charge in [0.25, 0.3) is 5.91 Å². The molecule has 1 atom stereocenters. The van der Waals surface area contributed by atoms with Crippen LogP contribution in [0, 0.1) is 17.1 Å². The molecule has 13 heteroatoms. The fourth-order valence-electron chi connectivity index (χ4n) is 6.82. The summed E-state index contributed by atoms with van der Waals surface area (Å²) in [6.07, 6.45) is 5.52. The highest BCUT2D eigenvalue weighted by Gasteiger charge is 2.34. The van der Waals surface area contributed by atoms with Crippen molar-refractivity contribution in [2.75, 3.05) is 23.7 Å². The molecule has 7 rings (SSSR count). The Hall–Kier alpha value is -4.60. The van der Waals surface area contributed by atoms with E-state index in [0.717, 1.165) is 42.8 Å². The summed E-state index contributed by atoms with van der Waals surface area (Å²) >= 11 is 12.9. The van der Waals surface area contributed by atoms with E-state index in [4.69, 9.17) is 23.2 Å². The number of likely N-dealkylation sites (tertiary alicyclic amines) is 1. The van der Waals surface area contributed by atoms with Gasteiger partial charge in [-0.2, -0.15) is 5.26 Å². The maximum Gasteiger partial charge on any atom is 0.252 e. The van der Waals surface area contributed by atoms with E-state index in [-0.39, 0.29) is 28.1 Å². The zero-order valence-corrected chi connectivity index (χ0v) is 28.8. The van der Waals surface area contributed by atoms with Crippen molar-refractivity contribution in [3.8, 4) is 6.07 Å². The lowest BCUT2D eigenvalue weighted by Gasteiger charge is -2.42. The quantitative estimate of drug-likeness (QED) is 0.137. The van der Waals surface area contributed by atoms with Gasteiger partial charge in [-0.05, 0) is 75.1 Å². The van der Waals surface area contributed by atoms with Crippen LogP contribution >= 0.6 is 23.2 Å². The maximum atomic E-state index is 13.9. The first kappa shape index (κ1) is 32.9. The van der Waals surface area contributed by atoms with Gasteiger partial charge in [0.15, 0.2) is 0 Å². The Kier molecular flexibility index (Phi) is 8.75. The number of pyridine rings is 1. The van der Waals surface area contributed by atoms with Gasteiger partial charge in [0.1, 0.15) is 11.9 Å². The van der Waals surface area contributed by atoms with Gasteiger partial charge in [0.2, 0.25) is 0 Å². The predicted molar refractivity (Wildman–Crippen MR) is 191 cm³/mol. The fourth-order valence-corrected chi connectivity index (χ4v) is 7.27. The third-order valence-electron chi connectivity index (χ3n) is 9.43. The first-order chi connectivity index (χ1) is 23.5. The lowest BCUT2D eigenvalue weighted by Crippen LogP contribution is -2.52. The number of anilines is 3. The highest BCUT2D eigenvalue weighted by atomic mass is 35.5. The molecule has 10 nitrogen and oxygen atoms in total. The predicted octanol–water partition coefficient (Wildman–Crippen LogP) is 7.12. The lowest BCUT2D eigenvalue weighted by molar-refractivity contribution is 0.0570. The zero-order chi connectivity index (χ0) is 34.4. The van der Waals surface area contributed by atoms with E-state index in [1.165, 1.54) is 18.3 Å². The van der Waals surface area contributed by atoms with Gasteiger partial charge in [-0.25, -0.2) is 4.39 Å². The van der Waals surface area contributed by atoms with Crippen molar-refractivity contribution < 1.29 is 9.18 Å². The first-order valence-electron chi connectivity index (χ1n) is 16.2. The number of rotatable bonds is 7. The van der Waals surface area contributed by atoms with Crippen LogP contribution in [0.3, 0.4) is 0 Å². The molecule has 4 heterocycles. The number of carbonyl (C=O) groups excluding carboxylic acids is 1. The smallest absolute Gasteiger partial charge is 0.252 e. The molecule has 0 aliphatic carbocycles. The van der Waals surface area contributed by atoms with Crippen molar-refractivity contribution in [2.45, 2.75) is 57.8 Å². The number of piperidine rings is 1. The molecular formula is C36H36Cl2FN9O. The van der Waals surface area contributed by atoms with Gasteiger partial charge in [-0.15, -0.1) is 5.53 Å². The van der Waals surface area contributed by atoms with Crippen LogP contribution in [0.1, 0.15) is 66.7 Å². The molecule has 4 aromatic rings. The number of hydrazine groups is 2. The van der Waals surface area contributed by atoms with E-state index in [2.05, 4.69) is 74.8 Å². The number of hydrogen-bond acceptors (Lipinski definition) is 9. The summed E-state index contributed by atoms with van der Waals surface area (Å²) in [6.45, 7) is 9.21. The minimum Gasteiger partial charge on any atom is -0.373 e. The largest absolute Gasteiger partial charge is 0.373 e. The van der Waals surface area contributed by atoms with Gasteiger partial charge in [0.05, 0.1) is 38.6 Å². The average Bonchev–Trinajstić information content (AvgIpc) is 3.73. The summed E-state index contributed by atoms with van der Waals surface area (Å²) in [5.74, 6) is -0.675. The van der Waals surface area contributed by atoms with Crippen molar-refractivity contribution in [3.05, 3.63) is 105 Å². The van der Waals surface area contributed by atoms with Gasteiger partial charge in [-0.1, -0.05) is 41.4 Å². The van der Waals surface area contributed by atoms with Crippen molar-refractivity contribution in [1.82, 2.24) is 31.2 Å². The topological polar surface area (TPSA) is 120 Å². The van der Waals surface area contributed by atoms with E-state index in [1.54, 1.807) is 12.1 Å². The molecule has 1 fully saturated rings. The average molecular weight is 701 g/mol. The van der Waals surface area contributed by atoms with Gasteiger partial charge in [0, 0.05) is 65.9 Å². The first-order valence-corrected chi connectivity index (χ1v) is 16.9. The molecule has 252 valence electrons. The Morgan fingerprint density at radius 3 is 2.59 bits per heavy atom. The molecule has 1 amide bonds. The molecule has 3 aliphatic rings. The summed E-state index contributed by atoms with van der Waals surface area (Å²) in [6, 6.07) is 15.7. The summed E-state index contributed by atoms with van der Waals surface area (Å²) in [5.41, 5.74) is 12.4. The summed E-state index contributed by atoms with van der Waals surface area (Å²) < 4.78 is 13.9. The van der Waals surface area contributed by atoms with E-state index in [0.29, 0.717) is 45.1 Å². The standard InChI is InChI=1S/C36H36Cl2FN9O/c1-36(2,3)47-11-9-24(10-12-47)48-19-30(45-46-48)34(25-6-4-5-20-17-42-35(49)31(20)25)44-23-13-26-32(43-22-7-8-29(39)27(37)14-22)21(16-40)18-41-33(26)28(38)15-23/h4-8,13-15,18-19,24,34,44-46H,9-12,17H2,1-3H3,(H,41,43)(H,42,49)/t34-/m0/s1.